The van der Waals surface area contributed by atoms with Crippen molar-refractivity contribution in [3.8, 4) is 0 Å². The van der Waals surface area contributed by atoms with Crippen LogP contribution in [0, 0.1) is 5.92 Å². The van der Waals surface area contributed by atoms with Crippen molar-refractivity contribution in [1.29, 1.82) is 0 Å². The lowest BCUT2D eigenvalue weighted by atomic mass is 10.1. The number of aromatic nitrogens is 2. The number of imidazole rings is 1. The third-order valence-electron chi connectivity index (χ3n) is 4.92. The molecule has 2 aromatic carbocycles. The molecule has 5 heteroatoms. The molecule has 1 aromatic heterocycles. The van der Waals surface area contributed by atoms with E-state index in [1.807, 2.05) is 42.5 Å². The minimum Gasteiger partial charge on any atom is -0.346 e. The second-order valence-electron chi connectivity index (χ2n) is 6.92. The van der Waals surface area contributed by atoms with Crippen LogP contribution in [0.2, 0.25) is 5.02 Å². The largest absolute Gasteiger partial charge is 0.346 e. The molecule has 26 heavy (non-hydrogen) atoms. The Bertz CT molecular complexity index is 928. The zero-order valence-corrected chi connectivity index (χ0v) is 15.5. The smallest absolute Gasteiger partial charge is 0.223 e. The molecular formula is C21H22ClN3O. The van der Waals surface area contributed by atoms with E-state index in [9.17, 15) is 4.79 Å². The monoisotopic (exact) mass is 367 g/mol. The van der Waals surface area contributed by atoms with Gasteiger partial charge < -0.3 is 9.88 Å². The number of para-hydroxylation sites is 2. The lowest BCUT2D eigenvalue weighted by Crippen LogP contribution is -2.31. The van der Waals surface area contributed by atoms with Gasteiger partial charge in [-0.15, -0.1) is 0 Å². The van der Waals surface area contributed by atoms with Gasteiger partial charge in [0.25, 0.3) is 0 Å². The fraction of sp³-hybridized carbons (Fsp3) is 0.333. The van der Waals surface area contributed by atoms with Crippen molar-refractivity contribution in [1.82, 2.24) is 14.9 Å². The molecule has 1 heterocycles. The van der Waals surface area contributed by atoms with Crippen molar-refractivity contribution < 1.29 is 4.79 Å². The van der Waals surface area contributed by atoms with Crippen molar-refractivity contribution in [3.05, 3.63) is 64.9 Å². The van der Waals surface area contributed by atoms with Gasteiger partial charge in [0.15, 0.2) is 0 Å². The molecule has 3 aromatic rings. The summed E-state index contributed by atoms with van der Waals surface area (Å²) in [5.74, 6) is 1.26. The van der Waals surface area contributed by atoms with Crippen LogP contribution in [0.3, 0.4) is 0 Å². The maximum absolute atomic E-state index is 12.3. The average molecular weight is 368 g/mol. The van der Waals surface area contributed by atoms with E-state index in [2.05, 4.69) is 22.9 Å². The Hall–Kier alpha value is -2.33. The first-order chi connectivity index (χ1) is 12.7. The first kappa shape index (κ1) is 17.1. The SMILES string of the molecule is CCC(NC(=O)C1CC1)c1nc2ccccc2n1Cc1ccc(Cl)cc1. The maximum atomic E-state index is 12.3. The Morgan fingerprint density at radius 3 is 2.65 bits per heavy atom. The van der Waals surface area contributed by atoms with Gasteiger partial charge in [-0.1, -0.05) is 42.8 Å². The predicted octanol–water partition coefficient (Wildman–Crippen LogP) is 4.72. The highest BCUT2D eigenvalue weighted by Gasteiger charge is 2.32. The molecule has 4 nitrogen and oxygen atoms in total. The van der Waals surface area contributed by atoms with E-state index in [0.717, 1.165) is 46.7 Å². The van der Waals surface area contributed by atoms with Crippen molar-refractivity contribution in [2.24, 2.45) is 5.92 Å². The van der Waals surface area contributed by atoms with Crippen LogP contribution in [0.15, 0.2) is 48.5 Å². The fourth-order valence-corrected chi connectivity index (χ4v) is 3.41. The van der Waals surface area contributed by atoms with Gasteiger partial charge in [-0.2, -0.15) is 0 Å². The molecule has 0 radical (unpaired) electrons. The van der Waals surface area contributed by atoms with Crippen molar-refractivity contribution in [2.45, 2.75) is 38.8 Å². The van der Waals surface area contributed by atoms with E-state index >= 15 is 0 Å². The summed E-state index contributed by atoms with van der Waals surface area (Å²) in [6.07, 6.45) is 2.81. The van der Waals surface area contributed by atoms with Crippen LogP contribution in [0.5, 0.6) is 0 Å². The highest BCUT2D eigenvalue weighted by atomic mass is 35.5. The molecule has 1 atom stereocenters. The summed E-state index contributed by atoms with van der Waals surface area (Å²) in [5, 5.41) is 3.93. The minimum absolute atomic E-state index is 0.0807. The Balaban J connectivity index is 1.72. The minimum atomic E-state index is -0.0807. The molecule has 134 valence electrons. The molecule has 1 fully saturated rings. The predicted molar refractivity (Wildman–Crippen MR) is 104 cm³/mol. The van der Waals surface area contributed by atoms with Gasteiger partial charge in [-0.25, -0.2) is 4.98 Å². The highest BCUT2D eigenvalue weighted by Crippen LogP contribution is 2.31. The molecule has 1 aliphatic carbocycles. The lowest BCUT2D eigenvalue weighted by molar-refractivity contribution is -0.123. The van der Waals surface area contributed by atoms with Crippen molar-refractivity contribution in [2.75, 3.05) is 0 Å². The van der Waals surface area contributed by atoms with Gasteiger partial charge in [0, 0.05) is 17.5 Å². The first-order valence-corrected chi connectivity index (χ1v) is 9.53. The number of benzene rings is 2. The van der Waals surface area contributed by atoms with Gasteiger partial charge >= 0.3 is 0 Å². The van der Waals surface area contributed by atoms with E-state index in [1.165, 1.54) is 0 Å². The normalized spacial score (nSPS) is 15.2. The van der Waals surface area contributed by atoms with Crippen LogP contribution < -0.4 is 5.32 Å². The van der Waals surface area contributed by atoms with Gasteiger partial charge in [0.05, 0.1) is 17.1 Å². The summed E-state index contributed by atoms with van der Waals surface area (Å²) in [5.41, 5.74) is 3.19. The summed E-state index contributed by atoms with van der Waals surface area (Å²) in [4.78, 5) is 17.2. The number of fused-ring (bicyclic) bond motifs is 1. The van der Waals surface area contributed by atoms with Gasteiger partial charge in [-0.3, -0.25) is 4.79 Å². The lowest BCUT2D eigenvalue weighted by Gasteiger charge is -2.19. The third-order valence-corrected chi connectivity index (χ3v) is 5.17. The zero-order valence-electron chi connectivity index (χ0n) is 14.8. The van der Waals surface area contributed by atoms with Crippen molar-refractivity contribution >= 4 is 28.5 Å². The number of nitrogens with one attached hydrogen (secondary N) is 1. The molecule has 1 unspecified atom stereocenters. The number of carbonyl (C=O) groups is 1. The zero-order chi connectivity index (χ0) is 18.1. The van der Waals surface area contributed by atoms with Crippen LogP contribution in [-0.4, -0.2) is 15.5 Å². The highest BCUT2D eigenvalue weighted by molar-refractivity contribution is 6.30. The molecular weight excluding hydrogens is 346 g/mol. The molecule has 0 saturated heterocycles. The quantitative estimate of drug-likeness (QED) is 0.685. The average Bonchev–Trinajstić information content (AvgIpc) is 3.45. The standard InChI is InChI=1S/C21H22ClN3O/c1-2-17(24-21(26)15-9-10-15)20-23-18-5-3-4-6-19(18)25(20)13-14-7-11-16(22)12-8-14/h3-8,11-12,15,17H,2,9-10,13H2,1H3,(H,24,26). The van der Waals surface area contributed by atoms with Crippen LogP contribution >= 0.6 is 11.6 Å². The van der Waals surface area contributed by atoms with Gasteiger partial charge in [0.1, 0.15) is 5.82 Å². The second-order valence-corrected chi connectivity index (χ2v) is 7.35. The molecule has 0 aliphatic heterocycles. The van der Waals surface area contributed by atoms with Crippen molar-refractivity contribution in [3.63, 3.8) is 0 Å². The number of nitrogens with zero attached hydrogens (tertiary/aromatic N) is 2. The van der Waals surface area contributed by atoms with Crippen LogP contribution in [0.4, 0.5) is 0 Å². The van der Waals surface area contributed by atoms with E-state index in [4.69, 9.17) is 16.6 Å². The number of rotatable bonds is 6. The Labute approximate surface area is 158 Å². The number of hydrogen-bond donors (Lipinski definition) is 1. The Morgan fingerprint density at radius 1 is 1.23 bits per heavy atom. The van der Waals surface area contributed by atoms with Gasteiger partial charge in [-0.05, 0) is 49.1 Å². The van der Waals surface area contributed by atoms with E-state index in [1.54, 1.807) is 0 Å². The number of carbonyl (C=O) groups excluding carboxylic acids is 1. The number of amides is 1. The molecule has 1 aliphatic rings. The van der Waals surface area contributed by atoms with E-state index in [0.29, 0.717) is 6.54 Å². The summed E-state index contributed by atoms with van der Waals surface area (Å²) in [6.45, 7) is 2.78. The Morgan fingerprint density at radius 2 is 1.96 bits per heavy atom. The second kappa shape index (κ2) is 7.12. The summed E-state index contributed by atoms with van der Waals surface area (Å²) < 4.78 is 2.21. The number of hydrogen-bond acceptors (Lipinski definition) is 2. The maximum Gasteiger partial charge on any atom is 0.223 e. The Kier molecular flexibility index (Phi) is 4.68. The summed E-state index contributed by atoms with van der Waals surface area (Å²) in [6, 6.07) is 15.9. The summed E-state index contributed by atoms with van der Waals surface area (Å²) >= 11 is 6.02. The molecule has 1 saturated carbocycles. The first-order valence-electron chi connectivity index (χ1n) is 9.15. The molecule has 1 amide bonds. The summed E-state index contributed by atoms with van der Waals surface area (Å²) in [7, 11) is 0. The number of halogens is 1. The molecule has 0 spiro atoms. The topological polar surface area (TPSA) is 46.9 Å². The van der Waals surface area contributed by atoms with E-state index in [-0.39, 0.29) is 17.9 Å². The fourth-order valence-electron chi connectivity index (χ4n) is 3.28. The third kappa shape index (κ3) is 3.47. The van der Waals surface area contributed by atoms with Crippen LogP contribution in [-0.2, 0) is 11.3 Å². The molecule has 0 bridgehead atoms. The molecule has 4 rings (SSSR count). The van der Waals surface area contributed by atoms with Gasteiger partial charge in [0.2, 0.25) is 5.91 Å². The van der Waals surface area contributed by atoms with Crippen LogP contribution in [0.25, 0.3) is 11.0 Å². The van der Waals surface area contributed by atoms with Crippen LogP contribution in [0.1, 0.15) is 43.6 Å². The van der Waals surface area contributed by atoms with E-state index < -0.39 is 0 Å². The molecule has 1 N–H and O–H groups in total.